The maximum Gasteiger partial charge on any atom is 0.266 e. The highest BCUT2D eigenvalue weighted by Crippen LogP contribution is 2.25. The number of ether oxygens (including phenoxy) is 1. The number of benzene rings is 3. The molecule has 0 radical (unpaired) electrons. The third kappa shape index (κ3) is 5.65. The lowest BCUT2D eigenvalue weighted by Gasteiger charge is -2.12. The SMILES string of the molecule is COc1ccc(/C=C(\C#N)C(=O)Nc2cc(C)ccc2C)c(Cc2cc(C)cc(C)c2)c1. The number of aryl methyl sites for hydroxylation is 4. The van der Waals surface area contributed by atoms with E-state index in [2.05, 4.69) is 43.4 Å². The van der Waals surface area contributed by atoms with Crippen LogP contribution in [-0.4, -0.2) is 13.0 Å². The summed E-state index contributed by atoms with van der Waals surface area (Å²) in [5.74, 6) is 0.314. The van der Waals surface area contributed by atoms with Gasteiger partial charge < -0.3 is 10.1 Å². The number of amides is 1. The van der Waals surface area contributed by atoms with Gasteiger partial charge in [0.1, 0.15) is 17.4 Å². The lowest BCUT2D eigenvalue weighted by Crippen LogP contribution is -2.14. The third-order valence-corrected chi connectivity index (χ3v) is 5.33. The number of hydrogen-bond acceptors (Lipinski definition) is 3. The highest BCUT2D eigenvalue weighted by Gasteiger charge is 2.13. The van der Waals surface area contributed by atoms with Crippen LogP contribution in [0.4, 0.5) is 5.69 Å². The van der Waals surface area contributed by atoms with Crippen molar-refractivity contribution in [3.63, 3.8) is 0 Å². The normalized spacial score (nSPS) is 11.1. The number of nitriles is 1. The molecular formula is C28H28N2O2. The van der Waals surface area contributed by atoms with Gasteiger partial charge in [0.15, 0.2) is 0 Å². The van der Waals surface area contributed by atoms with Crippen LogP contribution in [0.15, 0.2) is 60.2 Å². The van der Waals surface area contributed by atoms with Gasteiger partial charge in [0, 0.05) is 5.69 Å². The fourth-order valence-corrected chi connectivity index (χ4v) is 3.76. The number of carbonyl (C=O) groups excluding carboxylic acids is 1. The molecule has 4 nitrogen and oxygen atoms in total. The van der Waals surface area contributed by atoms with E-state index in [1.54, 1.807) is 13.2 Å². The molecule has 0 fully saturated rings. The number of nitrogens with one attached hydrogen (secondary N) is 1. The largest absolute Gasteiger partial charge is 0.497 e. The molecule has 1 N–H and O–H groups in total. The first-order valence-electron chi connectivity index (χ1n) is 10.5. The fourth-order valence-electron chi connectivity index (χ4n) is 3.76. The highest BCUT2D eigenvalue weighted by atomic mass is 16.5. The van der Waals surface area contributed by atoms with Gasteiger partial charge in [-0.15, -0.1) is 0 Å². The van der Waals surface area contributed by atoms with E-state index in [0.29, 0.717) is 12.1 Å². The van der Waals surface area contributed by atoms with Crippen molar-refractivity contribution in [2.75, 3.05) is 12.4 Å². The summed E-state index contributed by atoms with van der Waals surface area (Å²) >= 11 is 0. The number of methoxy groups -OCH3 is 1. The molecule has 3 aromatic carbocycles. The van der Waals surface area contributed by atoms with Crippen LogP contribution in [0.2, 0.25) is 0 Å². The minimum absolute atomic E-state index is 0.0535. The number of rotatable bonds is 6. The number of anilines is 1. The van der Waals surface area contributed by atoms with Crippen LogP contribution in [0.1, 0.15) is 38.9 Å². The second kappa shape index (κ2) is 9.98. The van der Waals surface area contributed by atoms with Gasteiger partial charge in [-0.05, 0) is 86.2 Å². The van der Waals surface area contributed by atoms with E-state index >= 15 is 0 Å². The highest BCUT2D eigenvalue weighted by molar-refractivity contribution is 6.10. The summed E-state index contributed by atoms with van der Waals surface area (Å²) in [5, 5.41) is 12.6. The summed E-state index contributed by atoms with van der Waals surface area (Å²) in [6, 6.07) is 20.0. The molecule has 0 heterocycles. The number of hydrogen-bond donors (Lipinski definition) is 1. The van der Waals surface area contributed by atoms with Gasteiger partial charge in [0.05, 0.1) is 7.11 Å². The molecule has 0 aliphatic rings. The second-order valence-electron chi connectivity index (χ2n) is 8.18. The lowest BCUT2D eigenvalue weighted by molar-refractivity contribution is -0.112. The fraction of sp³-hybridized carbons (Fsp3) is 0.214. The van der Waals surface area contributed by atoms with Crippen LogP contribution in [0.5, 0.6) is 5.75 Å². The molecule has 1 amide bonds. The van der Waals surface area contributed by atoms with Gasteiger partial charge in [0.25, 0.3) is 5.91 Å². The van der Waals surface area contributed by atoms with Crippen molar-refractivity contribution < 1.29 is 9.53 Å². The van der Waals surface area contributed by atoms with Crippen molar-refractivity contribution in [2.24, 2.45) is 0 Å². The van der Waals surface area contributed by atoms with Gasteiger partial charge in [0.2, 0.25) is 0 Å². The van der Waals surface area contributed by atoms with Gasteiger partial charge in [-0.2, -0.15) is 5.26 Å². The summed E-state index contributed by atoms with van der Waals surface area (Å²) in [6.45, 7) is 8.05. The lowest BCUT2D eigenvalue weighted by atomic mass is 9.96. The van der Waals surface area contributed by atoms with E-state index in [9.17, 15) is 10.1 Å². The maximum absolute atomic E-state index is 12.9. The first-order chi connectivity index (χ1) is 15.3. The Balaban J connectivity index is 1.96. The van der Waals surface area contributed by atoms with Crippen LogP contribution in [0.25, 0.3) is 6.08 Å². The maximum atomic E-state index is 12.9. The van der Waals surface area contributed by atoms with Crippen LogP contribution in [0, 0.1) is 39.0 Å². The van der Waals surface area contributed by atoms with E-state index in [1.807, 2.05) is 50.2 Å². The standard InChI is InChI=1S/C28H28N2O2/c1-18-6-7-21(4)27(13-18)30-28(31)25(17-29)15-23-8-9-26(32-5)16-24(23)14-22-11-19(2)10-20(3)12-22/h6-13,15-16H,14H2,1-5H3,(H,30,31)/b25-15+. The molecule has 0 bridgehead atoms. The van der Waals surface area contributed by atoms with Gasteiger partial charge in [-0.25, -0.2) is 0 Å². The molecule has 0 aliphatic carbocycles. The molecule has 3 aromatic rings. The van der Waals surface area contributed by atoms with E-state index < -0.39 is 5.91 Å². The van der Waals surface area contributed by atoms with Crippen LogP contribution < -0.4 is 10.1 Å². The Bertz CT molecular complexity index is 1210. The Labute approximate surface area is 190 Å². The predicted molar refractivity (Wildman–Crippen MR) is 130 cm³/mol. The Morgan fingerprint density at radius 3 is 2.34 bits per heavy atom. The van der Waals surface area contributed by atoms with Crippen molar-refractivity contribution >= 4 is 17.7 Å². The van der Waals surface area contributed by atoms with E-state index in [-0.39, 0.29) is 5.57 Å². The molecule has 0 saturated heterocycles. The van der Waals surface area contributed by atoms with Gasteiger partial charge >= 0.3 is 0 Å². The summed E-state index contributed by atoms with van der Waals surface area (Å²) in [5.41, 5.74) is 8.12. The van der Waals surface area contributed by atoms with E-state index in [0.717, 1.165) is 28.0 Å². The molecule has 3 rings (SSSR count). The third-order valence-electron chi connectivity index (χ3n) is 5.33. The summed E-state index contributed by atoms with van der Waals surface area (Å²) in [4.78, 5) is 12.9. The first-order valence-corrected chi connectivity index (χ1v) is 10.5. The molecule has 4 heteroatoms. The second-order valence-corrected chi connectivity index (χ2v) is 8.18. The first kappa shape index (κ1) is 22.8. The summed E-state index contributed by atoms with van der Waals surface area (Å²) < 4.78 is 5.41. The van der Waals surface area contributed by atoms with E-state index in [1.165, 1.54) is 16.7 Å². The zero-order valence-corrected chi connectivity index (χ0v) is 19.2. The Morgan fingerprint density at radius 1 is 0.969 bits per heavy atom. The van der Waals surface area contributed by atoms with Crippen molar-refractivity contribution in [3.8, 4) is 11.8 Å². The number of nitrogens with zero attached hydrogens (tertiary/aromatic N) is 1. The Hall–Kier alpha value is -3.84. The van der Waals surface area contributed by atoms with Crippen molar-refractivity contribution in [3.05, 3.63) is 99.1 Å². The zero-order chi connectivity index (χ0) is 23.3. The average Bonchev–Trinajstić information content (AvgIpc) is 2.74. The molecule has 32 heavy (non-hydrogen) atoms. The van der Waals surface area contributed by atoms with Crippen LogP contribution in [0.3, 0.4) is 0 Å². The predicted octanol–water partition coefficient (Wildman–Crippen LogP) is 6.07. The van der Waals surface area contributed by atoms with Crippen LogP contribution in [-0.2, 0) is 11.2 Å². The number of carbonyl (C=O) groups is 1. The summed E-state index contributed by atoms with van der Waals surface area (Å²) in [7, 11) is 1.63. The van der Waals surface area contributed by atoms with Crippen molar-refractivity contribution in [2.45, 2.75) is 34.1 Å². The topological polar surface area (TPSA) is 62.1 Å². The monoisotopic (exact) mass is 424 g/mol. The van der Waals surface area contributed by atoms with Crippen molar-refractivity contribution in [1.29, 1.82) is 5.26 Å². The van der Waals surface area contributed by atoms with Crippen molar-refractivity contribution in [1.82, 2.24) is 0 Å². The van der Waals surface area contributed by atoms with E-state index in [4.69, 9.17) is 4.74 Å². The summed E-state index contributed by atoms with van der Waals surface area (Å²) in [6.07, 6.45) is 2.32. The molecule has 0 saturated carbocycles. The smallest absolute Gasteiger partial charge is 0.266 e. The molecule has 0 aromatic heterocycles. The molecule has 0 unspecified atom stereocenters. The molecular weight excluding hydrogens is 396 g/mol. The molecule has 162 valence electrons. The Kier molecular flexibility index (Phi) is 7.12. The molecule has 0 spiro atoms. The Morgan fingerprint density at radius 2 is 1.69 bits per heavy atom. The average molecular weight is 425 g/mol. The zero-order valence-electron chi connectivity index (χ0n) is 19.2. The molecule has 0 aliphatic heterocycles. The quantitative estimate of drug-likeness (QED) is 0.386. The minimum Gasteiger partial charge on any atom is -0.497 e. The van der Waals surface area contributed by atoms with Crippen LogP contribution >= 0.6 is 0 Å². The minimum atomic E-state index is -0.422. The van der Waals surface area contributed by atoms with Gasteiger partial charge in [-0.3, -0.25) is 4.79 Å². The van der Waals surface area contributed by atoms with Gasteiger partial charge in [-0.1, -0.05) is 47.5 Å². The molecule has 0 atom stereocenters.